The van der Waals surface area contributed by atoms with Gasteiger partial charge in [0.15, 0.2) is 10.8 Å². The van der Waals surface area contributed by atoms with Crippen molar-refractivity contribution in [1.29, 1.82) is 0 Å². The lowest BCUT2D eigenvalue weighted by molar-refractivity contribution is 0.0945. The van der Waals surface area contributed by atoms with Crippen LogP contribution in [0.1, 0.15) is 16.1 Å². The molecule has 132 valence electrons. The highest BCUT2D eigenvalue weighted by molar-refractivity contribution is 6.32. The van der Waals surface area contributed by atoms with Crippen LogP contribution in [0.2, 0.25) is 5.15 Å². The monoisotopic (exact) mass is 377 g/mol. The molecule has 3 aromatic rings. The molecule has 0 fully saturated rings. The smallest absolute Gasteiger partial charge is 0.273 e. The second-order valence-electron chi connectivity index (χ2n) is 5.28. The predicted octanol–water partition coefficient (Wildman–Crippen LogP) is 4.14. The summed E-state index contributed by atoms with van der Waals surface area (Å²) in [5.41, 5.74) is 0.468. The zero-order valence-corrected chi connectivity index (χ0v) is 13.9. The predicted molar refractivity (Wildman–Crippen MR) is 90.0 cm³/mol. The Morgan fingerprint density at radius 3 is 2.31 bits per heavy atom. The highest BCUT2D eigenvalue weighted by Crippen LogP contribution is 2.20. The first kappa shape index (κ1) is 17.9. The standard InChI is InChI=1S/C18H11ClF3N3O/c19-17-16(18(26)24-8-12-13(21)2-1-3-14(12)22)23-9-15(25-17)10-4-6-11(20)7-5-10/h1-7,9H,8H2,(H,24,26). The number of rotatable bonds is 4. The van der Waals surface area contributed by atoms with Crippen LogP contribution in [0, 0.1) is 17.5 Å². The SMILES string of the molecule is O=C(NCc1c(F)cccc1F)c1ncc(-c2ccc(F)cc2)nc1Cl. The van der Waals surface area contributed by atoms with Gasteiger partial charge in [-0.25, -0.2) is 23.1 Å². The van der Waals surface area contributed by atoms with Gasteiger partial charge in [0.1, 0.15) is 17.5 Å². The molecule has 0 aliphatic heterocycles. The molecule has 26 heavy (non-hydrogen) atoms. The Morgan fingerprint density at radius 1 is 1.04 bits per heavy atom. The van der Waals surface area contributed by atoms with Gasteiger partial charge in [0.2, 0.25) is 0 Å². The molecule has 8 heteroatoms. The summed E-state index contributed by atoms with van der Waals surface area (Å²) in [5.74, 6) is -2.66. The van der Waals surface area contributed by atoms with Crippen LogP contribution in [0.15, 0.2) is 48.7 Å². The van der Waals surface area contributed by atoms with Gasteiger partial charge in [-0.2, -0.15) is 0 Å². The van der Waals surface area contributed by atoms with E-state index in [1.165, 1.54) is 36.5 Å². The molecule has 0 radical (unpaired) electrons. The van der Waals surface area contributed by atoms with Crippen LogP contribution in [0.5, 0.6) is 0 Å². The lowest BCUT2D eigenvalue weighted by atomic mass is 10.1. The van der Waals surface area contributed by atoms with E-state index in [9.17, 15) is 18.0 Å². The minimum Gasteiger partial charge on any atom is -0.346 e. The van der Waals surface area contributed by atoms with Crippen LogP contribution < -0.4 is 5.32 Å². The Labute approximate surface area is 151 Å². The number of carbonyl (C=O) groups excluding carboxylic acids is 1. The number of halogens is 4. The van der Waals surface area contributed by atoms with Crippen molar-refractivity contribution in [3.8, 4) is 11.3 Å². The first-order chi connectivity index (χ1) is 12.5. The molecule has 0 saturated carbocycles. The maximum atomic E-state index is 13.6. The van der Waals surface area contributed by atoms with Gasteiger partial charge < -0.3 is 5.32 Å². The second kappa shape index (κ2) is 7.53. The van der Waals surface area contributed by atoms with Crippen molar-refractivity contribution in [1.82, 2.24) is 15.3 Å². The summed E-state index contributed by atoms with van der Waals surface area (Å²) in [6.45, 7) is -0.366. The van der Waals surface area contributed by atoms with Gasteiger partial charge in [-0.3, -0.25) is 4.79 Å². The number of hydrogen-bond acceptors (Lipinski definition) is 3. The van der Waals surface area contributed by atoms with Crippen molar-refractivity contribution >= 4 is 17.5 Å². The zero-order chi connectivity index (χ0) is 18.7. The molecule has 2 aromatic carbocycles. The van der Waals surface area contributed by atoms with Crippen LogP contribution in [0.4, 0.5) is 13.2 Å². The molecule has 0 saturated heterocycles. The van der Waals surface area contributed by atoms with Gasteiger partial charge in [0, 0.05) is 17.7 Å². The molecule has 1 heterocycles. The average molecular weight is 378 g/mol. The minimum absolute atomic E-state index is 0.182. The molecule has 0 aliphatic rings. The Balaban J connectivity index is 1.77. The van der Waals surface area contributed by atoms with Gasteiger partial charge in [0.25, 0.3) is 5.91 Å². The minimum atomic E-state index is -0.769. The summed E-state index contributed by atoms with van der Waals surface area (Å²) < 4.78 is 40.1. The van der Waals surface area contributed by atoms with Crippen LogP contribution >= 0.6 is 11.6 Å². The summed E-state index contributed by atoms with van der Waals surface area (Å²) in [4.78, 5) is 20.2. The lowest BCUT2D eigenvalue weighted by Gasteiger charge is -2.08. The summed E-state index contributed by atoms with van der Waals surface area (Å²) in [5, 5.41) is 2.17. The number of carbonyl (C=O) groups is 1. The Hall–Kier alpha value is -2.93. The second-order valence-corrected chi connectivity index (χ2v) is 5.64. The first-order valence-electron chi connectivity index (χ1n) is 7.45. The van der Waals surface area contributed by atoms with Crippen LogP contribution in [-0.4, -0.2) is 15.9 Å². The van der Waals surface area contributed by atoms with E-state index in [1.807, 2.05) is 0 Å². The van der Waals surface area contributed by atoms with Crippen molar-refractivity contribution in [2.45, 2.75) is 6.54 Å². The van der Waals surface area contributed by atoms with E-state index in [1.54, 1.807) is 0 Å². The fourth-order valence-corrected chi connectivity index (χ4v) is 2.46. The molecule has 0 aliphatic carbocycles. The normalized spacial score (nSPS) is 10.6. The number of nitrogens with zero attached hydrogens (tertiary/aromatic N) is 2. The van der Waals surface area contributed by atoms with E-state index in [-0.39, 0.29) is 23.0 Å². The number of aromatic nitrogens is 2. The number of amides is 1. The zero-order valence-electron chi connectivity index (χ0n) is 13.1. The topological polar surface area (TPSA) is 54.9 Å². The third kappa shape index (κ3) is 3.83. The number of hydrogen-bond donors (Lipinski definition) is 1. The Kier molecular flexibility index (Phi) is 5.18. The number of benzene rings is 2. The fourth-order valence-electron chi connectivity index (χ4n) is 2.23. The largest absolute Gasteiger partial charge is 0.346 e. The van der Waals surface area contributed by atoms with E-state index in [4.69, 9.17) is 11.6 Å². The molecule has 4 nitrogen and oxygen atoms in total. The van der Waals surface area contributed by atoms with Crippen molar-refractivity contribution in [2.24, 2.45) is 0 Å². The summed E-state index contributed by atoms with van der Waals surface area (Å²) in [7, 11) is 0. The summed E-state index contributed by atoms with van der Waals surface area (Å²) in [6, 6.07) is 8.92. The highest BCUT2D eigenvalue weighted by atomic mass is 35.5. The lowest BCUT2D eigenvalue weighted by Crippen LogP contribution is -2.25. The molecular formula is C18H11ClF3N3O. The van der Waals surface area contributed by atoms with Gasteiger partial charge in [-0.15, -0.1) is 0 Å². The molecular weight excluding hydrogens is 367 g/mol. The van der Waals surface area contributed by atoms with Crippen molar-refractivity contribution < 1.29 is 18.0 Å². The number of nitrogens with one attached hydrogen (secondary N) is 1. The maximum absolute atomic E-state index is 13.6. The molecule has 1 N–H and O–H groups in total. The van der Waals surface area contributed by atoms with Gasteiger partial charge in [-0.05, 0) is 36.4 Å². The van der Waals surface area contributed by atoms with Crippen LogP contribution in [0.25, 0.3) is 11.3 Å². The molecule has 0 spiro atoms. The molecule has 1 amide bonds. The first-order valence-corrected chi connectivity index (χ1v) is 7.83. The third-order valence-corrected chi connectivity index (χ3v) is 3.84. The molecule has 3 rings (SSSR count). The van der Waals surface area contributed by atoms with Crippen LogP contribution in [0.3, 0.4) is 0 Å². The van der Waals surface area contributed by atoms with Crippen molar-refractivity contribution in [2.75, 3.05) is 0 Å². The molecule has 0 unspecified atom stereocenters. The van der Waals surface area contributed by atoms with Gasteiger partial charge >= 0.3 is 0 Å². The average Bonchev–Trinajstić information content (AvgIpc) is 2.61. The van der Waals surface area contributed by atoms with Crippen molar-refractivity contribution in [3.05, 3.63) is 82.5 Å². The fraction of sp³-hybridized carbons (Fsp3) is 0.0556. The summed E-state index contributed by atoms with van der Waals surface area (Å²) in [6.07, 6.45) is 1.30. The molecule has 1 aromatic heterocycles. The highest BCUT2D eigenvalue weighted by Gasteiger charge is 2.16. The quantitative estimate of drug-likeness (QED) is 0.743. The van der Waals surface area contributed by atoms with Crippen molar-refractivity contribution in [3.63, 3.8) is 0 Å². The van der Waals surface area contributed by atoms with E-state index < -0.39 is 23.4 Å². The van der Waals surface area contributed by atoms with E-state index in [0.29, 0.717) is 11.3 Å². The third-order valence-electron chi connectivity index (χ3n) is 3.57. The molecule has 0 atom stereocenters. The maximum Gasteiger partial charge on any atom is 0.273 e. The van der Waals surface area contributed by atoms with E-state index in [2.05, 4.69) is 15.3 Å². The van der Waals surface area contributed by atoms with Crippen LogP contribution in [-0.2, 0) is 6.54 Å². The Bertz CT molecular complexity index is 944. The Morgan fingerprint density at radius 2 is 1.69 bits per heavy atom. The van der Waals surface area contributed by atoms with Gasteiger partial charge in [-0.1, -0.05) is 17.7 Å². The van der Waals surface area contributed by atoms with E-state index in [0.717, 1.165) is 12.1 Å². The summed E-state index contributed by atoms with van der Waals surface area (Å²) >= 11 is 5.99. The van der Waals surface area contributed by atoms with E-state index >= 15 is 0 Å². The van der Waals surface area contributed by atoms with Gasteiger partial charge in [0.05, 0.1) is 11.9 Å². The molecule has 0 bridgehead atoms.